The lowest BCUT2D eigenvalue weighted by Crippen LogP contribution is -2.54. The molecule has 0 saturated heterocycles. The normalized spacial score (nSPS) is 15.2. The van der Waals surface area contributed by atoms with E-state index in [9.17, 15) is 14.4 Å². The van der Waals surface area contributed by atoms with E-state index in [1.807, 2.05) is 12.1 Å². The molecule has 0 spiro atoms. The first kappa shape index (κ1) is 17.7. The molecule has 2 amide bonds. The van der Waals surface area contributed by atoms with Gasteiger partial charge >= 0.3 is 0 Å². The molecule has 2 aromatic carbocycles. The number of nitrogens with one attached hydrogen (secondary N) is 1. The summed E-state index contributed by atoms with van der Waals surface area (Å²) in [6.07, 6.45) is 0.695. The van der Waals surface area contributed by atoms with Crippen molar-refractivity contribution in [2.45, 2.75) is 19.0 Å². The Morgan fingerprint density at radius 2 is 2.00 bits per heavy atom. The number of carbonyl (C=O) groups excluding carboxylic acids is 3. The molecular weight excluding hydrogens is 332 g/mol. The second-order valence-electron chi connectivity index (χ2n) is 6.32. The highest BCUT2D eigenvalue weighted by atomic mass is 16.5. The Kier molecular flexibility index (Phi) is 4.75. The molecule has 1 heterocycles. The predicted molar refractivity (Wildman–Crippen MR) is 95.7 cm³/mol. The number of nitrogens with zero attached hydrogens (tertiary/aromatic N) is 1. The minimum atomic E-state index is -1.30. The van der Waals surface area contributed by atoms with Gasteiger partial charge in [-0.05, 0) is 23.3 Å². The molecule has 1 atom stereocenters. The first-order chi connectivity index (χ1) is 12.5. The summed E-state index contributed by atoms with van der Waals surface area (Å²) in [7, 11) is 1.54. The zero-order chi connectivity index (χ0) is 18.7. The number of fused-ring (bicyclic) bond motifs is 1. The van der Waals surface area contributed by atoms with Crippen molar-refractivity contribution in [2.75, 3.05) is 13.7 Å². The maximum absolute atomic E-state index is 12.8. The fraction of sp³-hybridized carbons (Fsp3) is 0.250. The van der Waals surface area contributed by atoms with E-state index in [1.165, 1.54) is 6.92 Å². The van der Waals surface area contributed by atoms with Crippen LogP contribution in [0.3, 0.4) is 0 Å². The van der Waals surface area contributed by atoms with Crippen LogP contribution in [0.5, 0.6) is 5.75 Å². The Hall–Kier alpha value is -3.15. The molecule has 134 valence electrons. The van der Waals surface area contributed by atoms with Crippen molar-refractivity contribution >= 4 is 18.1 Å². The summed E-state index contributed by atoms with van der Waals surface area (Å²) in [6.45, 7) is 1.78. The third-order valence-corrected chi connectivity index (χ3v) is 4.53. The monoisotopic (exact) mass is 352 g/mol. The molecule has 0 aliphatic carbocycles. The van der Waals surface area contributed by atoms with E-state index >= 15 is 0 Å². The summed E-state index contributed by atoms with van der Waals surface area (Å²) < 4.78 is 5.18. The van der Waals surface area contributed by atoms with Crippen LogP contribution in [0.25, 0.3) is 0 Å². The van der Waals surface area contributed by atoms with Crippen LogP contribution < -0.4 is 10.1 Å². The fourth-order valence-corrected chi connectivity index (χ4v) is 3.28. The Morgan fingerprint density at radius 1 is 1.27 bits per heavy atom. The maximum Gasteiger partial charge on any atom is 0.254 e. The molecule has 1 aliphatic heterocycles. The molecule has 26 heavy (non-hydrogen) atoms. The number of ether oxygens (including phenoxy) is 1. The maximum atomic E-state index is 12.8. The lowest BCUT2D eigenvalue weighted by atomic mass is 9.90. The van der Waals surface area contributed by atoms with Crippen molar-refractivity contribution in [1.82, 2.24) is 10.2 Å². The van der Waals surface area contributed by atoms with Gasteiger partial charge in [-0.3, -0.25) is 9.59 Å². The van der Waals surface area contributed by atoms with Gasteiger partial charge < -0.3 is 19.7 Å². The number of aldehydes is 1. The van der Waals surface area contributed by atoms with E-state index in [1.54, 1.807) is 48.4 Å². The minimum Gasteiger partial charge on any atom is -0.497 e. The number of methoxy groups -OCH3 is 1. The van der Waals surface area contributed by atoms with Crippen molar-refractivity contribution in [3.05, 3.63) is 65.2 Å². The number of carbonyl (C=O) groups is 3. The lowest BCUT2D eigenvalue weighted by molar-refractivity contribution is -0.126. The third kappa shape index (κ3) is 3.18. The van der Waals surface area contributed by atoms with Crippen LogP contribution in [0.4, 0.5) is 0 Å². The Morgan fingerprint density at radius 3 is 2.62 bits per heavy atom. The van der Waals surface area contributed by atoms with Crippen LogP contribution in [0.15, 0.2) is 48.5 Å². The average molecular weight is 352 g/mol. The van der Waals surface area contributed by atoms with Gasteiger partial charge in [0, 0.05) is 19.0 Å². The average Bonchev–Trinajstić information content (AvgIpc) is 2.96. The molecule has 1 N–H and O–H groups in total. The number of hydrogen-bond donors (Lipinski definition) is 1. The van der Waals surface area contributed by atoms with Crippen molar-refractivity contribution in [2.24, 2.45) is 0 Å². The van der Waals surface area contributed by atoms with Gasteiger partial charge in [0.1, 0.15) is 11.3 Å². The first-order valence-electron chi connectivity index (χ1n) is 8.26. The number of rotatable bonds is 6. The molecule has 3 rings (SSSR count). The fourth-order valence-electron chi connectivity index (χ4n) is 3.28. The molecule has 0 radical (unpaired) electrons. The number of amides is 2. The van der Waals surface area contributed by atoms with E-state index < -0.39 is 5.54 Å². The van der Waals surface area contributed by atoms with Crippen LogP contribution >= 0.6 is 0 Å². The molecule has 2 aromatic rings. The molecule has 1 unspecified atom stereocenters. The van der Waals surface area contributed by atoms with Crippen LogP contribution in [-0.2, 0) is 21.7 Å². The van der Waals surface area contributed by atoms with Gasteiger partial charge in [-0.25, -0.2) is 0 Å². The van der Waals surface area contributed by atoms with Crippen molar-refractivity contribution < 1.29 is 19.1 Å². The number of benzene rings is 2. The largest absolute Gasteiger partial charge is 0.497 e. The van der Waals surface area contributed by atoms with Crippen molar-refractivity contribution in [3.8, 4) is 5.75 Å². The number of hydrogen-bond acceptors (Lipinski definition) is 4. The van der Waals surface area contributed by atoms with Crippen LogP contribution in [0.2, 0.25) is 0 Å². The smallest absolute Gasteiger partial charge is 0.254 e. The molecule has 6 nitrogen and oxygen atoms in total. The zero-order valence-electron chi connectivity index (χ0n) is 14.7. The molecule has 0 saturated carbocycles. The van der Waals surface area contributed by atoms with E-state index in [0.717, 1.165) is 5.56 Å². The molecular formula is C20H20N2O4. The van der Waals surface area contributed by atoms with Gasteiger partial charge in [0.05, 0.1) is 13.7 Å². The third-order valence-electron chi connectivity index (χ3n) is 4.53. The van der Waals surface area contributed by atoms with Crippen LogP contribution in [0, 0.1) is 0 Å². The standard InChI is InChI=1S/C20H20N2O4/c1-14(24)21-20(13-23,16-6-4-3-5-7-16)12-22-11-15-8-9-17(26-2)10-18(15)19(22)25/h3-10,13H,11-12H2,1-2H3,(H,21,24). The quantitative estimate of drug-likeness (QED) is 0.806. The topological polar surface area (TPSA) is 75.7 Å². The Balaban J connectivity index is 1.94. The Bertz CT molecular complexity index is 850. The van der Waals surface area contributed by atoms with E-state index in [-0.39, 0.29) is 18.4 Å². The van der Waals surface area contributed by atoms with E-state index in [4.69, 9.17) is 4.74 Å². The van der Waals surface area contributed by atoms with Crippen LogP contribution in [0.1, 0.15) is 28.4 Å². The predicted octanol–water partition coefficient (Wildman–Crippen LogP) is 1.88. The summed E-state index contributed by atoms with van der Waals surface area (Å²) >= 11 is 0. The molecule has 6 heteroatoms. The van der Waals surface area contributed by atoms with Gasteiger partial charge in [0.2, 0.25) is 5.91 Å². The Labute approximate surface area is 151 Å². The van der Waals surface area contributed by atoms with E-state index in [0.29, 0.717) is 29.7 Å². The molecule has 0 fully saturated rings. The first-order valence-corrected chi connectivity index (χ1v) is 8.26. The highest BCUT2D eigenvalue weighted by Crippen LogP contribution is 2.30. The van der Waals surface area contributed by atoms with Crippen LogP contribution in [-0.4, -0.2) is 36.7 Å². The summed E-state index contributed by atoms with van der Waals surface area (Å²) in [4.78, 5) is 38.2. The van der Waals surface area contributed by atoms with E-state index in [2.05, 4.69) is 5.32 Å². The van der Waals surface area contributed by atoms with Gasteiger partial charge in [-0.1, -0.05) is 36.4 Å². The van der Waals surface area contributed by atoms with Crippen molar-refractivity contribution in [3.63, 3.8) is 0 Å². The summed E-state index contributed by atoms with van der Waals surface area (Å²) in [5.74, 6) is 0.0729. The van der Waals surface area contributed by atoms with Crippen molar-refractivity contribution in [1.29, 1.82) is 0 Å². The summed E-state index contributed by atoms with van der Waals surface area (Å²) in [5.41, 5.74) is 0.757. The highest BCUT2D eigenvalue weighted by Gasteiger charge is 2.39. The van der Waals surface area contributed by atoms with Gasteiger partial charge in [0.15, 0.2) is 6.29 Å². The molecule has 0 aromatic heterocycles. The summed E-state index contributed by atoms with van der Waals surface area (Å²) in [5, 5.41) is 2.73. The summed E-state index contributed by atoms with van der Waals surface area (Å²) in [6, 6.07) is 14.3. The minimum absolute atomic E-state index is 0.0515. The zero-order valence-corrected chi connectivity index (χ0v) is 14.7. The van der Waals surface area contributed by atoms with Gasteiger partial charge in [0.25, 0.3) is 5.91 Å². The second kappa shape index (κ2) is 7.00. The molecule has 0 bridgehead atoms. The van der Waals surface area contributed by atoms with Gasteiger partial charge in [-0.15, -0.1) is 0 Å². The second-order valence-corrected chi connectivity index (χ2v) is 6.32. The SMILES string of the molecule is COc1ccc2c(c1)C(=O)N(CC(C=O)(NC(C)=O)c1ccccc1)C2. The van der Waals surface area contributed by atoms with Gasteiger partial charge in [-0.2, -0.15) is 0 Å². The lowest BCUT2D eigenvalue weighted by Gasteiger charge is -2.33. The highest BCUT2D eigenvalue weighted by molar-refractivity contribution is 5.99. The molecule has 1 aliphatic rings.